The zero-order chi connectivity index (χ0) is 17.5. The summed E-state index contributed by atoms with van der Waals surface area (Å²) in [7, 11) is 0. The Morgan fingerprint density at radius 1 is 1.08 bits per heavy atom. The highest BCUT2D eigenvalue weighted by Gasteiger charge is 2.32. The van der Waals surface area contributed by atoms with Crippen molar-refractivity contribution in [2.45, 2.75) is 32.1 Å². The number of nitrogens with zero attached hydrogens (tertiary/aromatic N) is 1. The summed E-state index contributed by atoms with van der Waals surface area (Å²) in [4.78, 5) is 50.8. The Morgan fingerprint density at radius 2 is 1.71 bits per heavy atom. The van der Waals surface area contributed by atoms with Crippen LogP contribution in [0.4, 0.5) is 0 Å². The second-order valence-electron chi connectivity index (χ2n) is 5.27. The SMILES string of the molecule is O=C(CCCCNC(=O)c1ccc(I)cc1)ON1C(=O)CCC1=O. The molecule has 1 aliphatic rings. The van der Waals surface area contributed by atoms with Crippen LogP contribution >= 0.6 is 22.6 Å². The van der Waals surface area contributed by atoms with Gasteiger partial charge in [-0.05, 0) is 59.7 Å². The van der Waals surface area contributed by atoms with Crippen LogP contribution in [-0.4, -0.2) is 35.3 Å². The van der Waals surface area contributed by atoms with Crippen molar-refractivity contribution in [3.8, 4) is 0 Å². The number of hydroxylamine groups is 2. The lowest BCUT2D eigenvalue weighted by atomic mass is 10.2. The smallest absolute Gasteiger partial charge is 0.333 e. The molecule has 7 nitrogen and oxygen atoms in total. The van der Waals surface area contributed by atoms with E-state index in [4.69, 9.17) is 4.84 Å². The van der Waals surface area contributed by atoms with Crippen molar-refractivity contribution in [2.24, 2.45) is 0 Å². The fourth-order valence-corrected chi connectivity index (χ4v) is 2.46. The van der Waals surface area contributed by atoms with Crippen molar-refractivity contribution in [1.82, 2.24) is 10.4 Å². The van der Waals surface area contributed by atoms with E-state index in [-0.39, 0.29) is 25.2 Å². The largest absolute Gasteiger partial charge is 0.352 e. The molecule has 1 aliphatic heterocycles. The van der Waals surface area contributed by atoms with Gasteiger partial charge in [-0.25, -0.2) is 4.79 Å². The Labute approximate surface area is 152 Å². The fourth-order valence-electron chi connectivity index (χ4n) is 2.10. The summed E-state index contributed by atoms with van der Waals surface area (Å²) in [5.74, 6) is -1.76. The molecule has 24 heavy (non-hydrogen) atoms. The maximum absolute atomic E-state index is 11.9. The van der Waals surface area contributed by atoms with Crippen molar-refractivity contribution in [3.05, 3.63) is 33.4 Å². The molecule has 1 fully saturated rings. The van der Waals surface area contributed by atoms with Crippen LogP contribution in [0.2, 0.25) is 0 Å². The van der Waals surface area contributed by atoms with E-state index in [1.165, 1.54) is 0 Å². The molecular formula is C16H17IN2O5. The van der Waals surface area contributed by atoms with Crippen LogP contribution in [0.3, 0.4) is 0 Å². The van der Waals surface area contributed by atoms with Gasteiger partial charge in [-0.3, -0.25) is 14.4 Å². The number of hydrogen-bond acceptors (Lipinski definition) is 5. The summed E-state index contributed by atoms with van der Waals surface area (Å²) >= 11 is 2.16. The van der Waals surface area contributed by atoms with Crippen LogP contribution in [0.1, 0.15) is 42.5 Å². The summed E-state index contributed by atoms with van der Waals surface area (Å²) < 4.78 is 1.05. The molecule has 0 spiro atoms. The third-order valence-corrected chi connectivity index (χ3v) is 4.12. The molecule has 1 aromatic rings. The monoisotopic (exact) mass is 444 g/mol. The van der Waals surface area contributed by atoms with E-state index < -0.39 is 17.8 Å². The fraction of sp³-hybridized carbons (Fsp3) is 0.375. The van der Waals surface area contributed by atoms with Crippen LogP contribution in [0.5, 0.6) is 0 Å². The Bertz CT molecular complexity index is 628. The van der Waals surface area contributed by atoms with Gasteiger partial charge in [0.1, 0.15) is 0 Å². The molecule has 0 aliphatic carbocycles. The van der Waals surface area contributed by atoms with E-state index >= 15 is 0 Å². The number of rotatable bonds is 7. The molecule has 128 valence electrons. The van der Waals surface area contributed by atoms with E-state index in [9.17, 15) is 19.2 Å². The molecule has 0 aromatic heterocycles. The number of amides is 3. The van der Waals surface area contributed by atoms with Crippen LogP contribution in [-0.2, 0) is 19.2 Å². The first kappa shape index (κ1) is 18.4. The average molecular weight is 444 g/mol. The van der Waals surface area contributed by atoms with Crippen molar-refractivity contribution in [3.63, 3.8) is 0 Å². The van der Waals surface area contributed by atoms with Gasteiger partial charge in [0.2, 0.25) is 0 Å². The number of benzene rings is 1. The average Bonchev–Trinajstić information content (AvgIpc) is 2.87. The third kappa shape index (κ3) is 5.29. The number of imide groups is 1. The minimum absolute atomic E-state index is 0.0798. The van der Waals surface area contributed by atoms with Gasteiger partial charge in [0.15, 0.2) is 0 Å². The first-order valence-electron chi connectivity index (χ1n) is 7.57. The van der Waals surface area contributed by atoms with Gasteiger partial charge in [-0.2, -0.15) is 0 Å². The first-order chi connectivity index (χ1) is 11.5. The van der Waals surface area contributed by atoms with E-state index in [1.807, 2.05) is 12.1 Å². The van der Waals surface area contributed by atoms with E-state index in [0.29, 0.717) is 30.0 Å². The molecule has 1 N–H and O–H groups in total. The highest BCUT2D eigenvalue weighted by atomic mass is 127. The topological polar surface area (TPSA) is 92.8 Å². The molecule has 0 radical (unpaired) electrons. The highest BCUT2D eigenvalue weighted by molar-refractivity contribution is 14.1. The Kier molecular flexibility index (Phi) is 6.71. The van der Waals surface area contributed by atoms with Crippen LogP contribution in [0, 0.1) is 3.57 Å². The Morgan fingerprint density at radius 3 is 2.33 bits per heavy atom. The van der Waals surface area contributed by atoms with Gasteiger partial charge in [-0.1, -0.05) is 0 Å². The normalized spacial score (nSPS) is 14.0. The zero-order valence-electron chi connectivity index (χ0n) is 12.9. The molecule has 3 amide bonds. The molecule has 2 rings (SSSR count). The number of carbonyl (C=O) groups excluding carboxylic acids is 4. The summed E-state index contributed by atoms with van der Waals surface area (Å²) in [5.41, 5.74) is 0.584. The maximum atomic E-state index is 11.9. The molecule has 0 atom stereocenters. The van der Waals surface area contributed by atoms with Crippen LogP contribution in [0.25, 0.3) is 0 Å². The predicted octanol–water partition coefficient (Wildman–Crippen LogP) is 1.80. The standard InChI is InChI=1S/C16H17IN2O5/c17-12-6-4-11(5-7-12)16(23)18-10-2-1-3-15(22)24-19-13(20)8-9-14(19)21/h4-7H,1-3,8-10H2,(H,18,23). The number of unbranched alkanes of at least 4 members (excludes halogenated alkanes) is 1. The second kappa shape index (κ2) is 8.76. The number of hydrogen-bond donors (Lipinski definition) is 1. The maximum Gasteiger partial charge on any atom is 0.333 e. The van der Waals surface area contributed by atoms with E-state index in [2.05, 4.69) is 27.9 Å². The quantitative estimate of drug-likeness (QED) is 0.394. The van der Waals surface area contributed by atoms with Gasteiger partial charge in [0.05, 0.1) is 0 Å². The molecule has 0 bridgehead atoms. The molecule has 1 saturated heterocycles. The highest BCUT2D eigenvalue weighted by Crippen LogP contribution is 2.13. The molecular weight excluding hydrogens is 427 g/mol. The van der Waals surface area contributed by atoms with Gasteiger partial charge < -0.3 is 10.2 Å². The minimum atomic E-state index is -0.623. The number of carbonyl (C=O) groups is 4. The van der Waals surface area contributed by atoms with E-state index in [0.717, 1.165) is 3.57 Å². The predicted molar refractivity (Wildman–Crippen MR) is 92.5 cm³/mol. The molecule has 8 heteroatoms. The molecule has 0 unspecified atom stereocenters. The van der Waals surface area contributed by atoms with Crippen molar-refractivity contribution in [1.29, 1.82) is 0 Å². The lowest BCUT2D eigenvalue weighted by Crippen LogP contribution is -2.32. The lowest BCUT2D eigenvalue weighted by Gasteiger charge is -2.12. The number of nitrogens with one attached hydrogen (secondary N) is 1. The van der Waals surface area contributed by atoms with Crippen molar-refractivity contribution < 1.29 is 24.0 Å². The van der Waals surface area contributed by atoms with Gasteiger partial charge in [0, 0.05) is 34.9 Å². The minimum Gasteiger partial charge on any atom is -0.352 e. The van der Waals surface area contributed by atoms with Crippen molar-refractivity contribution in [2.75, 3.05) is 6.54 Å². The molecule has 1 heterocycles. The van der Waals surface area contributed by atoms with E-state index in [1.54, 1.807) is 12.1 Å². The van der Waals surface area contributed by atoms with Gasteiger partial charge in [-0.15, -0.1) is 5.06 Å². The summed E-state index contributed by atoms with van der Waals surface area (Å²) in [6.07, 6.45) is 1.32. The lowest BCUT2D eigenvalue weighted by molar-refractivity contribution is -0.197. The summed E-state index contributed by atoms with van der Waals surface area (Å²) in [6.45, 7) is 0.430. The third-order valence-electron chi connectivity index (χ3n) is 3.40. The number of halogens is 1. The zero-order valence-corrected chi connectivity index (χ0v) is 15.1. The first-order valence-corrected chi connectivity index (χ1v) is 8.65. The summed E-state index contributed by atoms with van der Waals surface area (Å²) in [5, 5.41) is 3.31. The Balaban J connectivity index is 1.61. The Hall–Kier alpha value is -1.97. The second-order valence-corrected chi connectivity index (χ2v) is 6.51. The molecule has 1 aromatic carbocycles. The van der Waals surface area contributed by atoms with Crippen molar-refractivity contribution >= 4 is 46.3 Å². The van der Waals surface area contributed by atoms with Gasteiger partial charge in [0.25, 0.3) is 17.7 Å². The summed E-state index contributed by atoms with van der Waals surface area (Å²) in [6, 6.07) is 7.20. The van der Waals surface area contributed by atoms with Crippen LogP contribution < -0.4 is 5.32 Å². The van der Waals surface area contributed by atoms with Crippen LogP contribution in [0.15, 0.2) is 24.3 Å². The van der Waals surface area contributed by atoms with Gasteiger partial charge >= 0.3 is 5.97 Å². The molecule has 0 saturated carbocycles.